The molecule has 2 rings (SSSR count). The Morgan fingerprint density at radius 1 is 1.16 bits per heavy atom. The SMILES string of the molecule is COc1cc2nc(CNC(C)(C)C)[nH]c2cc1OC. The number of fused-ring (bicyclic) bond motifs is 1. The minimum atomic E-state index is 0.0638. The molecule has 1 aromatic carbocycles. The molecule has 5 nitrogen and oxygen atoms in total. The first-order valence-electron chi connectivity index (χ1n) is 6.28. The van der Waals surface area contributed by atoms with Crippen LogP contribution in [0.5, 0.6) is 11.5 Å². The van der Waals surface area contributed by atoms with Crippen LogP contribution in [0.25, 0.3) is 11.0 Å². The van der Waals surface area contributed by atoms with Gasteiger partial charge in [0, 0.05) is 17.7 Å². The first kappa shape index (κ1) is 13.7. The number of nitrogens with zero attached hydrogens (tertiary/aromatic N) is 1. The maximum atomic E-state index is 5.28. The zero-order valence-corrected chi connectivity index (χ0v) is 12.1. The molecule has 0 saturated carbocycles. The summed E-state index contributed by atoms with van der Waals surface area (Å²) < 4.78 is 10.6. The van der Waals surface area contributed by atoms with E-state index in [0.717, 1.165) is 16.9 Å². The highest BCUT2D eigenvalue weighted by Crippen LogP contribution is 2.30. The maximum Gasteiger partial charge on any atom is 0.163 e. The van der Waals surface area contributed by atoms with Crippen molar-refractivity contribution in [1.29, 1.82) is 0 Å². The number of methoxy groups -OCH3 is 2. The average Bonchev–Trinajstić information content (AvgIpc) is 2.75. The van der Waals surface area contributed by atoms with E-state index in [9.17, 15) is 0 Å². The number of aromatic nitrogens is 2. The Morgan fingerprint density at radius 3 is 2.37 bits per heavy atom. The molecule has 0 unspecified atom stereocenters. The van der Waals surface area contributed by atoms with Crippen LogP contribution in [-0.4, -0.2) is 29.7 Å². The molecule has 0 amide bonds. The standard InChI is InChI=1S/C14H21N3O2/c1-14(2,3)15-8-13-16-9-6-11(18-4)12(19-5)7-10(9)17-13/h6-7,15H,8H2,1-5H3,(H,16,17). The second-order valence-corrected chi connectivity index (χ2v) is 5.51. The zero-order valence-electron chi connectivity index (χ0n) is 12.1. The lowest BCUT2D eigenvalue weighted by Gasteiger charge is -2.19. The van der Waals surface area contributed by atoms with Crippen molar-refractivity contribution in [1.82, 2.24) is 15.3 Å². The molecule has 0 aliphatic rings. The van der Waals surface area contributed by atoms with Crippen molar-refractivity contribution in [2.75, 3.05) is 14.2 Å². The molecule has 0 aliphatic heterocycles. The van der Waals surface area contributed by atoms with E-state index in [0.29, 0.717) is 18.0 Å². The largest absolute Gasteiger partial charge is 0.493 e. The van der Waals surface area contributed by atoms with Gasteiger partial charge in [-0.15, -0.1) is 0 Å². The average molecular weight is 263 g/mol. The van der Waals surface area contributed by atoms with Gasteiger partial charge in [0.2, 0.25) is 0 Å². The predicted molar refractivity (Wildman–Crippen MR) is 75.8 cm³/mol. The molecule has 0 bridgehead atoms. The molecule has 0 atom stereocenters. The Morgan fingerprint density at radius 2 is 1.79 bits per heavy atom. The summed E-state index contributed by atoms with van der Waals surface area (Å²) in [5.41, 5.74) is 1.89. The van der Waals surface area contributed by atoms with E-state index in [2.05, 4.69) is 36.1 Å². The fourth-order valence-corrected chi connectivity index (χ4v) is 1.82. The Balaban J connectivity index is 2.30. The summed E-state index contributed by atoms with van der Waals surface area (Å²) >= 11 is 0. The van der Waals surface area contributed by atoms with Crippen LogP contribution in [0.3, 0.4) is 0 Å². The molecule has 1 aromatic heterocycles. The van der Waals surface area contributed by atoms with E-state index in [1.165, 1.54) is 0 Å². The molecule has 0 fully saturated rings. The lowest BCUT2D eigenvalue weighted by Crippen LogP contribution is -2.35. The second-order valence-electron chi connectivity index (χ2n) is 5.51. The van der Waals surface area contributed by atoms with E-state index in [-0.39, 0.29) is 5.54 Å². The van der Waals surface area contributed by atoms with Gasteiger partial charge in [0.1, 0.15) is 5.82 Å². The third kappa shape index (κ3) is 3.17. The van der Waals surface area contributed by atoms with Gasteiger partial charge in [0.15, 0.2) is 11.5 Å². The van der Waals surface area contributed by atoms with E-state index < -0.39 is 0 Å². The van der Waals surface area contributed by atoms with Gasteiger partial charge in [-0.05, 0) is 20.8 Å². The van der Waals surface area contributed by atoms with Gasteiger partial charge in [-0.25, -0.2) is 4.98 Å². The van der Waals surface area contributed by atoms with Crippen LogP contribution in [0.1, 0.15) is 26.6 Å². The Kier molecular flexibility index (Phi) is 3.66. The van der Waals surface area contributed by atoms with E-state index in [1.54, 1.807) is 14.2 Å². The smallest absolute Gasteiger partial charge is 0.163 e. The first-order valence-corrected chi connectivity index (χ1v) is 6.28. The van der Waals surface area contributed by atoms with Gasteiger partial charge in [0.05, 0.1) is 31.8 Å². The molecule has 2 N–H and O–H groups in total. The van der Waals surface area contributed by atoms with E-state index in [1.807, 2.05) is 12.1 Å². The number of aromatic amines is 1. The second kappa shape index (κ2) is 5.09. The summed E-state index contributed by atoms with van der Waals surface area (Å²) in [4.78, 5) is 7.83. The van der Waals surface area contributed by atoms with E-state index in [4.69, 9.17) is 9.47 Å². The summed E-state index contributed by atoms with van der Waals surface area (Å²) in [5, 5.41) is 3.40. The third-order valence-electron chi connectivity index (χ3n) is 2.82. The number of benzene rings is 1. The number of imidazole rings is 1. The van der Waals surface area contributed by atoms with Crippen LogP contribution in [-0.2, 0) is 6.54 Å². The number of H-pyrrole nitrogens is 1. The van der Waals surface area contributed by atoms with Crippen LogP contribution in [0.4, 0.5) is 0 Å². The molecule has 2 aromatic rings. The molecule has 0 aliphatic carbocycles. The highest BCUT2D eigenvalue weighted by atomic mass is 16.5. The summed E-state index contributed by atoms with van der Waals surface area (Å²) in [5.74, 6) is 2.30. The normalized spacial score (nSPS) is 11.8. The van der Waals surface area contributed by atoms with Gasteiger partial charge >= 0.3 is 0 Å². The number of rotatable bonds is 4. The van der Waals surface area contributed by atoms with Crippen molar-refractivity contribution in [2.24, 2.45) is 0 Å². The van der Waals surface area contributed by atoms with Gasteiger partial charge in [0.25, 0.3) is 0 Å². The lowest BCUT2D eigenvalue weighted by molar-refractivity contribution is 0.356. The monoisotopic (exact) mass is 263 g/mol. The van der Waals surface area contributed by atoms with Crippen molar-refractivity contribution in [3.63, 3.8) is 0 Å². The number of ether oxygens (including phenoxy) is 2. The van der Waals surface area contributed by atoms with E-state index >= 15 is 0 Å². The van der Waals surface area contributed by atoms with Crippen LogP contribution >= 0.6 is 0 Å². The quantitative estimate of drug-likeness (QED) is 0.889. The van der Waals surface area contributed by atoms with Gasteiger partial charge < -0.3 is 19.8 Å². The summed E-state index contributed by atoms with van der Waals surface area (Å²) in [7, 11) is 3.25. The summed E-state index contributed by atoms with van der Waals surface area (Å²) in [6.07, 6.45) is 0. The molecule has 1 heterocycles. The van der Waals surface area contributed by atoms with Crippen molar-refractivity contribution in [3.8, 4) is 11.5 Å². The van der Waals surface area contributed by atoms with Crippen molar-refractivity contribution < 1.29 is 9.47 Å². The van der Waals surface area contributed by atoms with Crippen molar-refractivity contribution in [2.45, 2.75) is 32.9 Å². The molecule has 5 heteroatoms. The number of hydrogen-bond donors (Lipinski definition) is 2. The lowest BCUT2D eigenvalue weighted by atomic mass is 10.1. The summed E-state index contributed by atoms with van der Waals surface area (Å²) in [6, 6.07) is 3.78. The molecular formula is C14H21N3O2. The molecule has 0 saturated heterocycles. The third-order valence-corrected chi connectivity index (χ3v) is 2.82. The first-order chi connectivity index (χ1) is 8.93. The number of hydrogen-bond acceptors (Lipinski definition) is 4. The van der Waals surface area contributed by atoms with Crippen LogP contribution in [0, 0.1) is 0 Å². The van der Waals surface area contributed by atoms with Crippen LogP contribution < -0.4 is 14.8 Å². The van der Waals surface area contributed by atoms with Crippen molar-refractivity contribution in [3.05, 3.63) is 18.0 Å². The minimum absolute atomic E-state index is 0.0638. The molecule has 0 spiro atoms. The van der Waals surface area contributed by atoms with Gasteiger partial charge in [-0.2, -0.15) is 0 Å². The van der Waals surface area contributed by atoms with Gasteiger partial charge in [-0.3, -0.25) is 0 Å². The van der Waals surface area contributed by atoms with Crippen molar-refractivity contribution >= 4 is 11.0 Å². The van der Waals surface area contributed by atoms with Gasteiger partial charge in [-0.1, -0.05) is 0 Å². The molecule has 104 valence electrons. The Labute approximate surface area is 113 Å². The Bertz CT molecular complexity index is 529. The minimum Gasteiger partial charge on any atom is -0.493 e. The number of nitrogens with one attached hydrogen (secondary N) is 2. The van der Waals surface area contributed by atoms with Crippen LogP contribution in [0.15, 0.2) is 12.1 Å². The molecular weight excluding hydrogens is 242 g/mol. The zero-order chi connectivity index (χ0) is 14.0. The fourth-order valence-electron chi connectivity index (χ4n) is 1.82. The topological polar surface area (TPSA) is 59.2 Å². The predicted octanol–water partition coefficient (Wildman–Crippen LogP) is 2.47. The van der Waals surface area contributed by atoms with Crippen LogP contribution in [0.2, 0.25) is 0 Å². The maximum absolute atomic E-state index is 5.28. The molecule has 0 radical (unpaired) electrons. The molecule has 19 heavy (non-hydrogen) atoms. The fraction of sp³-hybridized carbons (Fsp3) is 0.500. The Hall–Kier alpha value is -1.75. The highest BCUT2D eigenvalue weighted by molar-refractivity contribution is 5.79. The summed E-state index contributed by atoms with van der Waals surface area (Å²) in [6.45, 7) is 7.08. The highest BCUT2D eigenvalue weighted by Gasteiger charge is 2.12.